The van der Waals surface area contributed by atoms with Crippen LogP contribution in [0.3, 0.4) is 0 Å². The van der Waals surface area contributed by atoms with Gasteiger partial charge in [-0.05, 0) is 85.5 Å². The highest BCUT2D eigenvalue weighted by Gasteiger charge is 2.42. The zero-order valence-corrected chi connectivity index (χ0v) is 26.3. The van der Waals surface area contributed by atoms with Crippen molar-refractivity contribution in [2.45, 2.75) is 48.5 Å². The fourth-order valence-corrected chi connectivity index (χ4v) is 9.85. The Bertz CT molecular complexity index is 1080. The van der Waals surface area contributed by atoms with Crippen molar-refractivity contribution in [1.29, 1.82) is 0 Å². The molecule has 0 bridgehead atoms. The second-order valence-electron chi connectivity index (χ2n) is 10.9. The third kappa shape index (κ3) is 6.38. The number of methoxy groups -OCH3 is 5. The van der Waals surface area contributed by atoms with Gasteiger partial charge in [0.2, 0.25) is 5.75 Å². The molecule has 1 heterocycles. The molecule has 1 aliphatic carbocycles. The van der Waals surface area contributed by atoms with E-state index in [-0.39, 0.29) is 9.49 Å². The van der Waals surface area contributed by atoms with Crippen molar-refractivity contribution in [1.82, 2.24) is 4.90 Å². The number of benzene rings is 2. The summed E-state index contributed by atoms with van der Waals surface area (Å²) in [5.41, 5.74) is 2.79. The summed E-state index contributed by atoms with van der Waals surface area (Å²) in [6.45, 7) is 4.49. The second kappa shape index (κ2) is 13.2. The summed E-state index contributed by atoms with van der Waals surface area (Å²) in [6, 6.07) is 10.8. The van der Waals surface area contributed by atoms with Gasteiger partial charge in [0.15, 0.2) is 23.0 Å². The summed E-state index contributed by atoms with van der Waals surface area (Å²) in [6.07, 6.45) is 6.01. The van der Waals surface area contributed by atoms with Crippen molar-refractivity contribution in [3.63, 3.8) is 0 Å². The van der Waals surface area contributed by atoms with Gasteiger partial charge in [-0.2, -0.15) is 0 Å². The molecule has 2 fully saturated rings. The van der Waals surface area contributed by atoms with E-state index in [1.165, 1.54) is 36.8 Å². The van der Waals surface area contributed by atoms with Gasteiger partial charge in [-0.15, -0.1) is 23.5 Å². The molecule has 216 valence electrons. The minimum Gasteiger partial charge on any atom is -0.493 e. The lowest BCUT2D eigenvalue weighted by atomic mass is 9.64. The third-order valence-electron chi connectivity index (χ3n) is 8.18. The summed E-state index contributed by atoms with van der Waals surface area (Å²) in [5.74, 6) is 6.54. The lowest BCUT2D eigenvalue weighted by Gasteiger charge is -2.46. The summed E-state index contributed by atoms with van der Waals surface area (Å²) in [5, 5.41) is 0. The molecule has 2 aromatic carbocycles. The van der Waals surface area contributed by atoms with Gasteiger partial charge in [-0.1, -0.05) is 19.4 Å². The Labute approximate surface area is 243 Å². The van der Waals surface area contributed by atoms with E-state index in [1.807, 2.05) is 0 Å². The largest absolute Gasteiger partial charge is 0.493 e. The number of nitrogens with zero attached hydrogens (tertiary/aromatic N) is 1. The van der Waals surface area contributed by atoms with E-state index in [4.69, 9.17) is 23.7 Å². The van der Waals surface area contributed by atoms with Crippen LogP contribution in [0.1, 0.15) is 50.2 Å². The van der Waals surface area contributed by atoms with Gasteiger partial charge >= 0.3 is 0 Å². The minimum atomic E-state index is -0.0388. The van der Waals surface area contributed by atoms with Crippen molar-refractivity contribution in [3.8, 4) is 28.7 Å². The maximum atomic E-state index is 5.72. The molecule has 0 radical (unpaired) electrons. The molecule has 1 unspecified atom stereocenters. The molecule has 2 aromatic rings. The highest BCUT2D eigenvalue weighted by molar-refractivity contribution is 8.18. The van der Waals surface area contributed by atoms with E-state index < -0.39 is 0 Å². The second-order valence-corrected chi connectivity index (χ2v) is 14.0. The highest BCUT2D eigenvalue weighted by atomic mass is 32.2. The van der Waals surface area contributed by atoms with Gasteiger partial charge in [0.1, 0.15) is 0 Å². The zero-order valence-electron chi connectivity index (χ0n) is 24.6. The lowest BCUT2D eigenvalue weighted by Crippen LogP contribution is -2.45. The van der Waals surface area contributed by atoms with Gasteiger partial charge < -0.3 is 28.6 Å². The molecule has 4 rings (SSSR count). The Morgan fingerprint density at radius 3 is 1.87 bits per heavy atom. The van der Waals surface area contributed by atoms with Crippen molar-refractivity contribution in [2.24, 2.45) is 5.92 Å². The Morgan fingerprint density at radius 2 is 1.36 bits per heavy atom. The number of ether oxygens (including phenoxy) is 5. The lowest BCUT2D eigenvalue weighted by molar-refractivity contribution is 0.145. The molecule has 1 aliphatic heterocycles. The van der Waals surface area contributed by atoms with E-state index in [9.17, 15) is 0 Å². The molecule has 1 atom stereocenters. The maximum absolute atomic E-state index is 5.72. The molecule has 0 aromatic heterocycles. The van der Waals surface area contributed by atoms with Crippen LogP contribution < -0.4 is 23.7 Å². The Morgan fingerprint density at radius 1 is 0.769 bits per heavy atom. The first-order valence-electron chi connectivity index (χ1n) is 13.8. The Hall–Kier alpha value is -1.90. The minimum absolute atomic E-state index is 0.0388. The molecule has 39 heavy (non-hydrogen) atoms. The number of hydrogen-bond donors (Lipinski definition) is 0. The summed E-state index contributed by atoms with van der Waals surface area (Å²) in [7, 11) is 10.7. The third-order valence-corrected chi connectivity index (χ3v) is 11.6. The van der Waals surface area contributed by atoms with Gasteiger partial charge in [0.25, 0.3) is 0 Å². The molecular weight excluding hydrogens is 530 g/mol. The smallest absolute Gasteiger partial charge is 0.203 e. The number of thioether (sulfide) groups is 2. The number of rotatable bonds is 13. The molecule has 1 saturated heterocycles. The first-order valence-corrected chi connectivity index (χ1v) is 15.8. The van der Waals surface area contributed by atoms with Crippen LogP contribution in [0.5, 0.6) is 28.7 Å². The van der Waals surface area contributed by atoms with Gasteiger partial charge in [0, 0.05) is 18.5 Å². The molecular formula is C31H45NO5S2. The van der Waals surface area contributed by atoms with Crippen LogP contribution in [-0.4, -0.2) is 72.1 Å². The van der Waals surface area contributed by atoms with Crippen LogP contribution in [-0.2, 0) is 9.49 Å². The average Bonchev–Trinajstić information content (AvgIpc) is 2.93. The average molecular weight is 576 g/mol. The molecule has 0 amide bonds. The summed E-state index contributed by atoms with van der Waals surface area (Å²) >= 11 is 4.14. The van der Waals surface area contributed by atoms with Crippen molar-refractivity contribution >= 4 is 23.5 Å². The Balaban J connectivity index is 1.51. The number of hydrogen-bond acceptors (Lipinski definition) is 8. The quantitative estimate of drug-likeness (QED) is 0.258. The first kappa shape index (κ1) is 30.1. The van der Waals surface area contributed by atoms with E-state index >= 15 is 0 Å². The van der Waals surface area contributed by atoms with Crippen LogP contribution in [0.4, 0.5) is 0 Å². The van der Waals surface area contributed by atoms with E-state index in [0.717, 1.165) is 54.0 Å². The molecule has 2 aliphatic rings. The predicted molar refractivity (Wildman–Crippen MR) is 164 cm³/mol. The van der Waals surface area contributed by atoms with Crippen LogP contribution >= 0.6 is 23.5 Å². The van der Waals surface area contributed by atoms with Crippen molar-refractivity contribution < 1.29 is 23.7 Å². The van der Waals surface area contributed by atoms with E-state index in [2.05, 4.69) is 72.7 Å². The maximum Gasteiger partial charge on any atom is 0.203 e. The zero-order chi connectivity index (χ0) is 28.0. The Kier molecular flexibility index (Phi) is 10.2. The molecule has 0 spiro atoms. The van der Waals surface area contributed by atoms with E-state index in [0.29, 0.717) is 11.7 Å². The van der Waals surface area contributed by atoms with Crippen molar-refractivity contribution in [3.05, 3.63) is 41.5 Å². The van der Waals surface area contributed by atoms with Crippen molar-refractivity contribution in [2.75, 3.05) is 67.2 Å². The molecule has 1 saturated carbocycles. The highest BCUT2D eigenvalue weighted by Crippen LogP contribution is 2.56. The molecule has 6 nitrogen and oxygen atoms in total. The SMILES string of the molecule is COc1ccc(C2(CN(C)CC(C)CC3(c4cc(OC)c(OC)c(OC)c4)SCCCS3)CCC2)cc1OC. The van der Waals surface area contributed by atoms with Crippen LogP contribution in [0, 0.1) is 5.92 Å². The van der Waals surface area contributed by atoms with Gasteiger partial charge in [-0.3, -0.25) is 0 Å². The van der Waals surface area contributed by atoms with Crippen LogP contribution in [0.15, 0.2) is 30.3 Å². The molecule has 8 heteroatoms. The first-order chi connectivity index (χ1) is 18.8. The number of likely N-dealkylation sites (N-methyl/N-ethyl adjacent to an activating group) is 1. The monoisotopic (exact) mass is 575 g/mol. The summed E-state index contributed by atoms with van der Waals surface area (Å²) < 4.78 is 28.1. The van der Waals surface area contributed by atoms with Crippen LogP contribution in [0.25, 0.3) is 0 Å². The van der Waals surface area contributed by atoms with Gasteiger partial charge in [0.05, 0.1) is 39.6 Å². The standard InChI is InChI=1S/C31H45NO5S2/c1-22(20-32(2)21-30(12-8-13-30)23-10-11-25(33-3)26(16-23)34-4)19-31(38-14-9-15-39-31)24-17-27(35-5)29(37-7)28(18-24)36-6/h10-11,16-18,22H,8-9,12-15,19-21H2,1-7H3. The van der Waals surface area contributed by atoms with E-state index in [1.54, 1.807) is 35.5 Å². The fourth-order valence-electron chi connectivity index (χ4n) is 6.22. The predicted octanol–water partition coefficient (Wildman–Crippen LogP) is 6.83. The topological polar surface area (TPSA) is 49.4 Å². The fraction of sp³-hybridized carbons (Fsp3) is 0.613. The van der Waals surface area contributed by atoms with Crippen LogP contribution in [0.2, 0.25) is 0 Å². The summed E-state index contributed by atoms with van der Waals surface area (Å²) in [4.78, 5) is 2.54. The van der Waals surface area contributed by atoms with Gasteiger partial charge in [-0.25, -0.2) is 0 Å². The molecule has 0 N–H and O–H groups in total. The normalized spacial score (nSPS) is 18.7.